The molecule has 5 atom stereocenters. The van der Waals surface area contributed by atoms with E-state index >= 15 is 0 Å². The topological polar surface area (TPSA) is 434 Å². The summed E-state index contributed by atoms with van der Waals surface area (Å²) in [4.78, 5) is 62.2. The van der Waals surface area contributed by atoms with Crippen LogP contribution in [-0.4, -0.2) is 235 Å². The van der Waals surface area contributed by atoms with Crippen molar-refractivity contribution < 1.29 is 92.1 Å². The first-order valence-corrected chi connectivity index (χ1v) is 56.0. The first-order chi connectivity index (χ1) is 60.5. The Bertz CT molecular complexity index is 5280. The smallest absolute Gasteiger partial charge is 0.263 e. The number of benzene rings is 5. The second kappa shape index (κ2) is 48.0. The molecule has 0 spiro atoms. The van der Waals surface area contributed by atoms with Crippen LogP contribution in [0.2, 0.25) is 0 Å². The predicted octanol–water partition coefficient (Wildman–Crippen LogP) is 13.9. The number of hydroxylamine groups is 5. The number of carbonyl (C=O) groups is 5. The minimum absolute atomic E-state index is 0.167. The first kappa shape index (κ1) is 113. The van der Waals surface area contributed by atoms with E-state index in [-0.39, 0.29) is 57.2 Å². The second-order valence-electron chi connectivity index (χ2n) is 36.2. The maximum atomic E-state index is 13.6. The molecule has 730 valence electrons. The van der Waals surface area contributed by atoms with E-state index in [1.807, 2.05) is 141 Å². The number of nitrogens with one attached hydrogen (secondary N) is 5. The minimum Gasteiger partial charge on any atom is -0.289 e. The molecule has 40 heteroatoms. The summed E-state index contributed by atoms with van der Waals surface area (Å²) in [7, 11) is -19.3. The fourth-order valence-corrected chi connectivity index (χ4v) is 34.2. The number of amides is 5. The molecule has 0 aliphatic carbocycles. The van der Waals surface area contributed by atoms with Gasteiger partial charge in [0.2, 0.25) is 50.1 Å². The van der Waals surface area contributed by atoms with Gasteiger partial charge in [-0.15, -0.1) is 0 Å². The largest absolute Gasteiger partial charge is 0.289 e. The van der Waals surface area contributed by atoms with Gasteiger partial charge in [0.15, 0.2) is 0 Å². The summed E-state index contributed by atoms with van der Waals surface area (Å²) < 4.78 is 136. The van der Waals surface area contributed by atoms with Gasteiger partial charge in [-0.25, -0.2) is 69.5 Å². The molecule has 0 radical (unpaired) electrons. The van der Waals surface area contributed by atoms with Crippen molar-refractivity contribution in [2.75, 3.05) is 61.5 Å². The third-order valence-corrected chi connectivity index (χ3v) is 41.0. The van der Waals surface area contributed by atoms with Gasteiger partial charge < -0.3 is 0 Å². The summed E-state index contributed by atoms with van der Waals surface area (Å²) in [6.07, 6.45) is 15.8. The van der Waals surface area contributed by atoms with Crippen LogP contribution in [0, 0.1) is 69.2 Å². The van der Waals surface area contributed by atoms with Gasteiger partial charge in [-0.05, 0) is 255 Å². The van der Waals surface area contributed by atoms with Crippen LogP contribution >= 0.6 is 58.8 Å². The van der Waals surface area contributed by atoms with Crippen molar-refractivity contribution in [3.05, 3.63) is 146 Å². The van der Waals surface area contributed by atoms with E-state index in [1.54, 1.807) is 104 Å². The maximum absolute atomic E-state index is 13.6. The summed E-state index contributed by atoms with van der Waals surface area (Å²) in [6.45, 7) is 42.2. The highest BCUT2D eigenvalue weighted by molar-refractivity contribution is 8.02. The zero-order chi connectivity index (χ0) is 98.0. The number of thioether (sulfide) groups is 5. The fraction of sp³-hybridized carbons (Fsp3) is 0.611. The Morgan fingerprint density at radius 1 is 0.308 bits per heavy atom. The first-order valence-electron chi connectivity index (χ1n) is 43.9. The minimum atomic E-state index is -3.91. The van der Waals surface area contributed by atoms with E-state index in [9.17, 15) is 76.5 Å². The molecule has 0 aromatic heterocycles. The standard InChI is InChI=1S/C25H42N2O4S2.C18H28N2O4S2.2C16H24N2O4S2.C15H22N2O4S2/c1-4-5-6-7-8-9-10-11-12-13-14-21-15-17-22(18-16-21)33(30,31)27-19-20-32-25(2,3)23(27)24(28)26-29;1-10-11(2)13(4)15(14(5)12(10)3)26(23,24)20-8-9-25-18(6,7)16(20)17(21)19-22;1-10-8-11(2)13(12(3)9-10)24(21,22)18-6-7-23-16(4,5)14(18)15(19)17-20;1-4-5-12-6-8-13(9-7-12)24(21,22)18-10-11-23-16(2,3)14(18)15(19)17-20;1-10-7-11(2)9-12(8-10)23(20,21)17-5-6-22-15(3,4)13(17)14(18)16-19/h15-18,23,29H,4-14,19-20H2,1-3H3,(H,26,28);16,22H,8-9H2,1-7H3,(H,19,21);8-9,14,20H,6-7H2,1-5H3,(H,17,19);6-9,14,20H,4-5,10-11H2,1-3H3,(H,17,19);7-9,13,19H,5-6H2,1-4H3,(H,16,18). The highest BCUT2D eigenvalue weighted by Gasteiger charge is 2.54. The number of nitrogens with zero attached hydrogens (tertiary/aromatic N) is 5. The Morgan fingerprint density at radius 3 is 0.823 bits per heavy atom. The molecule has 10 N–H and O–H groups in total. The van der Waals surface area contributed by atoms with Gasteiger partial charge in [0.1, 0.15) is 30.2 Å². The highest BCUT2D eigenvalue weighted by atomic mass is 32.2. The van der Waals surface area contributed by atoms with Gasteiger partial charge >= 0.3 is 0 Å². The average molecular weight is 2000 g/mol. The molecule has 5 aliphatic rings. The monoisotopic (exact) mass is 2000 g/mol. The molecule has 5 aromatic carbocycles. The molecule has 5 aliphatic heterocycles. The summed E-state index contributed by atoms with van der Waals surface area (Å²) in [5.74, 6) is -0.587. The molecule has 5 aromatic rings. The molecule has 30 nitrogen and oxygen atoms in total. The van der Waals surface area contributed by atoms with Gasteiger partial charge in [-0.1, -0.05) is 126 Å². The molecule has 0 bridgehead atoms. The van der Waals surface area contributed by atoms with Crippen molar-refractivity contribution in [1.29, 1.82) is 0 Å². The molecular formula is C90H140N10O20S10. The second-order valence-corrected chi connectivity index (χ2v) is 54.3. The SMILES string of the molecule is CCCCCCCCCCCCc1ccc(S(=O)(=O)N2CCSC(C)(C)C2C(=O)NO)cc1.CCCc1ccc(S(=O)(=O)N2CCSC(C)(C)C2C(=O)NO)cc1.Cc1c(C)c(C)c(S(=O)(=O)N2CCSC(C)(C)C2C(=O)NO)c(C)c1C.Cc1cc(C)c(S(=O)(=O)N2CCSC(C)(C)C2C(=O)NO)c(C)c1.Cc1cc(C)cc(S(=O)(=O)N2CCSC(C)(C)C2C(=O)NO)c1. The molecule has 130 heavy (non-hydrogen) atoms. The van der Waals surface area contributed by atoms with Crippen molar-refractivity contribution in [3.8, 4) is 0 Å². The Hall–Kier alpha value is -5.45. The van der Waals surface area contributed by atoms with Gasteiger partial charge in [-0.3, -0.25) is 50.0 Å². The van der Waals surface area contributed by atoms with Gasteiger partial charge in [-0.2, -0.15) is 80.3 Å². The lowest BCUT2D eigenvalue weighted by molar-refractivity contribution is -0.134. The third kappa shape index (κ3) is 27.5. The number of rotatable bonds is 28. The van der Waals surface area contributed by atoms with Crippen molar-refractivity contribution in [2.24, 2.45) is 0 Å². The fourth-order valence-electron chi connectivity index (χ4n) is 17.5. The Balaban J connectivity index is 0.000000252. The van der Waals surface area contributed by atoms with Crippen molar-refractivity contribution in [3.63, 3.8) is 0 Å². The molecule has 0 saturated carbocycles. The lowest BCUT2D eigenvalue weighted by atomic mass is 9.95. The van der Waals surface area contributed by atoms with E-state index in [0.29, 0.717) is 51.0 Å². The quantitative estimate of drug-likeness (QED) is 0.0126. The Morgan fingerprint density at radius 2 is 0.546 bits per heavy atom. The summed E-state index contributed by atoms with van der Waals surface area (Å²) in [5, 5.41) is 45.5. The van der Waals surface area contributed by atoms with E-state index in [2.05, 4.69) is 13.8 Å². The molecule has 5 amide bonds. The number of hydrogen-bond donors (Lipinski definition) is 10. The van der Waals surface area contributed by atoms with E-state index in [0.717, 1.165) is 70.2 Å². The van der Waals surface area contributed by atoms with Crippen LogP contribution in [0.1, 0.15) is 220 Å². The number of hydrogen-bond acceptors (Lipinski definition) is 25. The van der Waals surface area contributed by atoms with Crippen LogP contribution < -0.4 is 27.4 Å². The average Bonchev–Trinajstić information content (AvgIpc) is 0.711. The highest BCUT2D eigenvalue weighted by Crippen LogP contribution is 2.45. The zero-order valence-corrected chi connectivity index (χ0v) is 87.5. The van der Waals surface area contributed by atoms with Gasteiger partial charge in [0.25, 0.3) is 29.5 Å². The normalized spacial score (nSPS) is 20.7. The summed E-state index contributed by atoms with van der Waals surface area (Å²) in [6, 6.07) is 17.7. The number of sulfonamides is 5. The van der Waals surface area contributed by atoms with Crippen LogP contribution in [0.4, 0.5) is 0 Å². The predicted molar refractivity (Wildman–Crippen MR) is 520 cm³/mol. The molecule has 10 rings (SSSR count). The van der Waals surface area contributed by atoms with Crippen LogP contribution in [-0.2, 0) is 86.9 Å². The molecule has 5 saturated heterocycles. The number of carbonyl (C=O) groups excluding carboxylic acids is 5. The van der Waals surface area contributed by atoms with Gasteiger partial charge in [0, 0.05) is 85.2 Å². The lowest BCUT2D eigenvalue weighted by Crippen LogP contribution is -2.61. The van der Waals surface area contributed by atoms with Gasteiger partial charge in [0.05, 0.1) is 24.5 Å². The lowest BCUT2D eigenvalue weighted by Gasteiger charge is -2.43. The molecule has 5 fully saturated rings. The molecule has 5 heterocycles. The van der Waals surface area contributed by atoms with Crippen molar-refractivity contribution in [1.82, 2.24) is 48.9 Å². The summed E-state index contributed by atoms with van der Waals surface area (Å²) in [5.41, 5.74) is 18.7. The van der Waals surface area contributed by atoms with Crippen molar-refractivity contribution in [2.45, 2.75) is 314 Å². The maximum Gasteiger partial charge on any atom is 0.263 e. The zero-order valence-electron chi connectivity index (χ0n) is 79.3. The van der Waals surface area contributed by atoms with Crippen molar-refractivity contribution >= 4 is 138 Å². The number of unbranched alkanes of at least 4 members (excludes halogenated alkanes) is 9. The van der Waals surface area contributed by atoms with Crippen LogP contribution in [0.15, 0.2) is 103 Å². The number of aryl methyl sites for hydroxylation is 7. The Labute approximate surface area is 794 Å². The van der Waals surface area contributed by atoms with E-state index in [4.69, 9.17) is 15.6 Å². The Kier molecular flexibility index (Phi) is 41.9. The van der Waals surface area contributed by atoms with Crippen LogP contribution in [0.3, 0.4) is 0 Å². The van der Waals surface area contributed by atoms with Crippen LogP contribution in [0.25, 0.3) is 0 Å². The summed E-state index contributed by atoms with van der Waals surface area (Å²) >= 11 is 7.61. The molecular weight excluding hydrogens is 1860 g/mol. The van der Waals surface area contributed by atoms with E-state index in [1.165, 1.54) is 138 Å². The molecule has 5 unspecified atom stereocenters. The van der Waals surface area contributed by atoms with Crippen LogP contribution in [0.5, 0.6) is 0 Å². The third-order valence-electron chi connectivity index (χ3n) is 24.3. The van der Waals surface area contributed by atoms with E-state index < -0.39 is 134 Å².